The molecule has 4 aliphatic rings. The molecule has 0 saturated heterocycles. The number of anilines is 3. The monoisotopic (exact) mass is 971 g/mol. The molecule has 0 atom stereocenters. The largest absolute Gasteiger partial charge is 0.457 e. The van der Waals surface area contributed by atoms with Crippen LogP contribution in [0.4, 0.5) is 17.1 Å². The van der Waals surface area contributed by atoms with Gasteiger partial charge in [0.2, 0.25) is 0 Å². The Labute approximate surface area is 440 Å². The van der Waals surface area contributed by atoms with Gasteiger partial charge in [0.25, 0.3) is 0 Å². The second kappa shape index (κ2) is 16.2. The molecule has 3 heteroatoms. The molecule has 2 aliphatic carbocycles. The Bertz CT molecular complexity index is 4220. The summed E-state index contributed by atoms with van der Waals surface area (Å²) in [6.07, 6.45) is 0. The van der Waals surface area contributed by atoms with E-state index in [0.29, 0.717) is 0 Å². The first kappa shape index (κ1) is 42.4. The van der Waals surface area contributed by atoms with E-state index in [-0.39, 0.29) is 0 Å². The van der Waals surface area contributed by atoms with Gasteiger partial charge in [-0.25, -0.2) is 0 Å². The Balaban J connectivity index is 0.977. The van der Waals surface area contributed by atoms with Crippen LogP contribution < -0.4 is 9.64 Å². The summed E-state index contributed by atoms with van der Waals surface area (Å²) in [5.41, 5.74) is 21.9. The number of benzene rings is 12. The smallest absolute Gasteiger partial charge is 0.132 e. The predicted molar refractivity (Wildman–Crippen MR) is 308 cm³/mol. The predicted octanol–water partition coefficient (Wildman–Crippen LogP) is 18.9. The van der Waals surface area contributed by atoms with Crippen molar-refractivity contribution in [3.05, 3.63) is 317 Å². The van der Waals surface area contributed by atoms with Crippen LogP contribution in [0.1, 0.15) is 44.5 Å². The van der Waals surface area contributed by atoms with Gasteiger partial charge in [-0.1, -0.05) is 230 Å². The first-order chi connectivity index (χ1) is 37.2. The first-order valence-electron chi connectivity index (χ1n) is 25.9. The van der Waals surface area contributed by atoms with E-state index in [1.807, 2.05) is 11.8 Å². The first-order valence-corrected chi connectivity index (χ1v) is 26.7. The van der Waals surface area contributed by atoms with Crippen molar-refractivity contribution >= 4 is 39.6 Å². The maximum Gasteiger partial charge on any atom is 0.132 e. The third kappa shape index (κ3) is 5.87. The highest BCUT2D eigenvalue weighted by Crippen LogP contribution is 2.67. The maximum absolute atomic E-state index is 6.80. The van der Waals surface area contributed by atoms with Gasteiger partial charge >= 0.3 is 0 Å². The average molecular weight is 972 g/mol. The Kier molecular flexibility index (Phi) is 9.14. The number of nitrogens with zero attached hydrogens (tertiary/aromatic N) is 1. The molecule has 0 fully saturated rings. The van der Waals surface area contributed by atoms with Crippen LogP contribution in [-0.2, 0) is 10.8 Å². The number of hydrogen-bond donors (Lipinski definition) is 0. The van der Waals surface area contributed by atoms with Crippen LogP contribution >= 0.6 is 11.8 Å². The van der Waals surface area contributed by atoms with Crippen molar-refractivity contribution in [3.8, 4) is 56.0 Å². The highest BCUT2D eigenvalue weighted by Gasteiger charge is 2.53. The average Bonchev–Trinajstić information content (AvgIpc) is 4.07. The van der Waals surface area contributed by atoms with E-state index in [1.165, 1.54) is 98.5 Å². The quantitative estimate of drug-likeness (QED) is 0.171. The molecular formula is C72H45NOS. The lowest BCUT2D eigenvalue weighted by atomic mass is 9.66. The minimum Gasteiger partial charge on any atom is -0.457 e. The summed E-state index contributed by atoms with van der Waals surface area (Å²) in [7, 11) is 0. The van der Waals surface area contributed by atoms with Gasteiger partial charge in [0.15, 0.2) is 0 Å². The van der Waals surface area contributed by atoms with Crippen LogP contribution in [0.15, 0.2) is 283 Å². The van der Waals surface area contributed by atoms with Gasteiger partial charge in [0, 0.05) is 37.9 Å². The van der Waals surface area contributed by atoms with Crippen molar-refractivity contribution in [3.63, 3.8) is 0 Å². The van der Waals surface area contributed by atoms with Crippen LogP contribution in [0, 0.1) is 0 Å². The summed E-state index contributed by atoms with van der Waals surface area (Å²) in [5, 5.41) is 2.48. The summed E-state index contributed by atoms with van der Waals surface area (Å²) in [6, 6.07) is 101. The lowest BCUT2D eigenvalue weighted by Gasteiger charge is -2.40. The molecule has 2 aliphatic heterocycles. The van der Waals surface area contributed by atoms with Crippen molar-refractivity contribution in [2.75, 3.05) is 4.90 Å². The fraction of sp³-hybridized carbons (Fsp3) is 0.0278. The summed E-state index contributed by atoms with van der Waals surface area (Å²) in [6.45, 7) is 0. The highest BCUT2D eigenvalue weighted by atomic mass is 32.2. The van der Waals surface area contributed by atoms with Gasteiger partial charge in [-0.15, -0.1) is 0 Å². The van der Waals surface area contributed by atoms with Crippen molar-refractivity contribution in [1.82, 2.24) is 0 Å². The molecule has 2 heterocycles. The second-order valence-corrected chi connectivity index (χ2v) is 21.3. The Morgan fingerprint density at radius 2 is 0.800 bits per heavy atom. The van der Waals surface area contributed by atoms with Gasteiger partial charge in [-0.2, -0.15) is 0 Å². The molecule has 0 radical (unpaired) electrons. The molecule has 12 aromatic carbocycles. The molecule has 0 unspecified atom stereocenters. The summed E-state index contributed by atoms with van der Waals surface area (Å²) in [4.78, 5) is 5.13. The van der Waals surface area contributed by atoms with Gasteiger partial charge in [0.1, 0.15) is 11.5 Å². The fourth-order valence-electron chi connectivity index (χ4n) is 13.6. The van der Waals surface area contributed by atoms with E-state index in [1.54, 1.807) is 0 Å². The summed E-state index contributed by atoms with van der Waals surface area (Å²) < 4.78 is 6.80. The van der Waals surface area contributed by atoms with E-state index < -0.39 is 10.8 Å². The zero-order valence-corrected chi connectivity index (χ0v) is 41.6. The van der Waals surface area contributed by atoms with Crippen LogP contribution in [-0.4, -0.2) is 0 Å². The van der Waals surface area contributed by atoms with Gasteiger partial charge in [-0.3, -0.25) is 0 Å². The normalized spacial score (nSPS) is 14.1. The molecule has 350 valence electrons. The summed E-state index contributed by atoms with van der Waals surface area (Å²) >= 11 is 1.89. The minimum absolute atomic E-state index is 0.566. The highest BCUT2D eigenvalue weighted by molar-refractivity contribution is 7.99. The van der Waals surface area contributed by atoms with Gasteiger partial charge < -0.3 is 9.64 Å². The minimum atomic E-state index is -0.631. The lowest BCUT2D eigenvalue weighted by molar-refractivity contribution is 0.436. The molecule has 0 aromatic heterocycles. The van der Waals surface area contributed by atoms with E-state index in [9.17, 15) is 0 Å². The lowest BCUT2D eigenvalue weighted by Crippen LogP contribution is -2.32. The van der Waals surface area contributed by atoms with Crippen molar-refractivity contribution < 1.29 is 4.74 Å². The van der Waals surface area contributed by atoms with E-state index >= 15 is 0 Å². The third-order valence-electron chi connectivity index (χ3n) is 16.6. The molecule has 2 nitrogen and oxygen atoms in total. The number of rotatable bonds is 5. The van der Waals surface area contributed by atoms with Crippen molar-refractivity contribution in [1.29, 1.82) is 0 Å². The van der Waals surface area contributed by atoms with Crippen LogP contribution in [0.25, 0.3) is 55.3 Å². The standard InChI is InChI=1S/C72H45NOS/c1-2-17-46(18-3-1)47-33-35-48(36-34-47)49-37-40-51(41-38-49)73(52-42-43-55-54-21-6-7-22-56(54)71(63(55)45-52)57-23-8-12-29-65(57)74-66-30-13-9-24-58(66)71)64-28-16-27-61-70(64)69-53-20-5-4-19-50(53)39-44-62(69)72(61)59-25-10-14-31-67(59)75-68-32-15-11-26-60(68)72/h1-45H. The number of para-hydroxylation sites is 2. The molecular weight excluding hydrogens is 927 g/mol. The van der Waals surface area contributed by atoms with E-state index in [2.05, 4.69) is 278 Å². The van der Waals surface area contributed by atoms with Gasteiger partial charge in [0.05, 0.1) is 16.5 Å². The number of hydrogen-bond acceptors (Lipinski definition) is 3. The van der Waals surface area contributed by atoms with Crippen molar-refractivity contribution in [2.45, 2.75) is 20.6 Å². The SMILES string of the molecule is c1ccc(-c2ccc(-c3ccc(N(c4ccc5c(c4)C4(c6ccccc6Oc6ccccc64)c4ccccc4-5)c4cccc5c4-c4c(ccc6ccccc46)C54c5ccccc5Sc5ccccc54)cc3)cc2)cc1. The van der Waals surface area contributed by atoms with Crippen LogP contribution in [0.2, 0.25) is 0 Å². The van der Waals surface area contributed by atoms with Crippen LogP contribution in [0.5, 0.6) is 11.5 Å². The Morgan fingerprint density at radius 3 is 1.49 bits per heavy atom. The third-order valence-corrected chi connectivity index (χ3v) is 17.8. The van der Waals surface area contributed by atoms with E-state index in [0.717, 1.165) is 39.7 Å². The molecule has 0 bridgehead atoms. The molecule has 0 saturated carbocycles. The molecule has 75 heavy (non-hydrogen) atoms. The van der Waals surface area contributed by atoms with E-state index in [4.69, 9.17) is 4.74 Å². The second-order valence-electron chi connectivity index (χ2n) is 20.2. The van der Waals surface area contributed by atoms with Crippen molar-refractivity contribution in [2.24, 2.45) is 0 Å². The zero-order chi connectivity index (χ0) is 49.2. The number of fused-ring (bicyclic) bond motifs is 20. The van der Waals surface area contributed by atoms with Crippen LogP contribution in [0.3, 0.4) is 0 Å². The molecule has 12 aromatic rings. The molecule has 0 amide bonds. The molecule has 0 N–H and O–H groups in total. The Hall–Kier alpha value is -9.15. The Morgan fingerprint density at radius 1 is 0.307 bits per heavy atom. The maximum atomic E-state index is 6.80. The topological polar surface area (TPSA) is 12.5 Å². The summed E-state index contributed by atoms with van der Waals surface area (Å²) in [5.74, 6) is 1.77. The zero-order valence-electron chi connectivity index (χ0n) is 40.7. The van der Waals surface area contributed by atoms with Gasteiger partial charge in [-0.05, 0) is 138 Å². The number of ether oxygens (including phenoxy) is 1. The fourth-order valence-corrected chi connectivity index (χ4v) is 14.8. The molecule has 16 rings (SSSR count). The molecule has 2 spiro atoms.